The Bertz CT molecular complexity index is 1770. The Hall–Kier alpha value is -5.51. The van der Waals surface area contributed by atoms with Gasteiger partial charge in [-0.25, -0.2) is 0 Å². The fourth-order valence-electron chi connectivity index (χ4n) is 7.28. The van der Waals surface area contributed by atoms with Crippen molar-refractivity contribution in [1.29, 1.82) is 0 Å². The molecule has 2 aromatic carbocycles. The van der Waals surface area contributed by atoms with Gasteiger partial charge in [0.15, 0.2) is 0 Å². The van der Waals surface area contributed by atoms with Crippen molar-refractivity contribution in [3.05, 3.63) is 95.7 Å². The van der Waals surface area contributed by atoms with Gasteiger partial charge in [0.2, 0.25) is 5.91 Å². The summed E-state index contributed by atoms with van der Waals surface area (Å²) >= 11 is 0. The number of aliphatic carboxylic acids is 4. The van der Waals surface area contributed by atoms with Crippen molar-refractivity contribution in [2.24, 2.45) is 0 Å². The number of anilines is 2. The van der Waals surface area contributed by atoms with Gasteiger partial charge in [0, 0.05) is 68.8 Å². The van der Waals surface area contributed by atoms with Gasteiger partial charge in [0.05, 0.1) is 32.7 Å². The lowest BCUT2D eigenvalue weighted by Gasteiger charge is -2.28. The van der Waals surface area contributed by atoms with E-state index in [2.05, 4.69) is 117 Å². The monoisotopic (exact) mass is 818 g/mol. The lowest BCUT2D eigenvalue weighted by Crippen LogP contribution is -2.47. The van der Waals surface area contributed by atoms with E-state index in [9.17, 15) is 44.4 Å². The molecule has 0 fully saturated rings. The van der Waals surface area contributed by atoms with E-state index in [-0.39, 0.29) is 49.5 Å². The number of nitrogens with one attached hydrogen (secondary N) is 2. The first-order valence-corrected chi connectivity index (χ1v) is 19.9. The SMILES string of the molecule is CN1/C(=C/C=C/C=C/CC(C)(C)c2ccccc2NCCCCNC(=O)CN(CCN(CC(=O)O)CC(=O)O)CCN(CC(=O)O)CC(=O)O)C(C)(C)c2ccccc21. The Kier molecular flexibility index (Phi) is 18.8. The van der Waals surface area contributed by atoms with Gasteiger partial charge < -0.3 is 36.0 Å². The Morgan fingerprint density at radius 2 is 1.22 bits per heavy atom. The van der Waals surface area contributed by atoms with Crippen LogP contribution in [0.4, 0.5) is 11.4 Å². The van der Waals surface area contributed by atoms with Crippen LogP contribution in [0.2, 0.25) is 0 Å². The molecule has 0 saturated heterocycles. The number of carbonyl (C=O) groups excluding carboxylic acids is 1. The summed E-state index contributed by atoms with van der Waals surface area (Å²) in [6, 6.07) is 16.8. The molecule has 0 unspecified atom stereocenters. The van der Waals surface area contributed by atoms with Crippen LogP contribution in [0, 0.1) is 0 Å². The van der Waals surface area contributed by atoms with Gasteiger partial charge in [-0.2, -0.15) is 0 Å². The van der Waals surface area contributed by atoms with E-state index in [0.29, 0.717) is 19.5 Å². The maximum atomic E-state index is 13.0. The summed E-state index contributed by atoms with van der Waals surface area (Å²) < 4.78 is 0. The van der Waals surface area contributed by atoms with E-state index in [1.165, 1.54) is 32.3 Å². The molecule has 59 heavy (non-hydrogen) atoms. The summed E-state index contributed by atoms with van der Waals surface area (Å²) in [5.74, 6) is -5.16. The molecule has 0 saturated carbocycles. The van der Waals surface area contributed by atoms with E-state index in [0.717, 1.165) is 18.5 Å². The Morgan fingerprint density at radius 1 is 0.695 bits per heavy atom. The van der Waals surface area contributed by atoms with Crippen molar-refractivity contribution in [2.75, 3.05) is 89.3 Å². The van der Waals surface area contributed by atoms with Crippen molar-refractivity contribution in [2.45, 2.75) is 57.8 Å². The minimum Gasteiger partial charge on any atom is -0.480 e. The molecule has 3 rings (SSSR count). The van der Waals surface area contributed by atoms with Gasteiger partial charge >= 0.3 is 23.9 Å². The van der Waals surface area contributed by atoms with Crippen molar-refractivity contribution < 1.29 is 44.4 Å². The van der Waals surface area contributed by atoms with Gasteiger partial charge in [-0.1, -0.05) is 88.4 Å². The number of hydrogen-bond acceptors (Lipinski definition) is 10. The molecule has 0 aromatic heterocycles. The van der Waals surface area contributed by atoms with Crippen LogP contribution in [0.25, 0.3) is 0 Å². The summed E-state index contributed by atoms with van der Waals surface area (Å²) in [4.78, 5) is 64.3. The summed E-state index contributed by atoms with van der Waals surface area (Å²) in [5.41, 5.74) is 5.86. The molecule has 0 radical (unpaired) electrons. The highest BCUT2D eigenvalue weighted by molar-refractivity contribution is 5.78. The van der Waals surface area contributed by atoms with Crippen molar-refractivity contribution in [3.63, 3.8) is 0 Å². The number of amides is 1. The molecule has 1 aliphatic heterocycles. The second-order valence-electron chi connectivity index (χ2n) is 16.0. The van der Waals surface area contributed by atoms with Gasteiger partial charge in [-0.15, -0.1) is 0 Å². The van der Waals surface area contributed by atoms with Gasteiger partial charge in [-0.05, 0) is 54.0 Å². The minimum atomic E-state index is -1.21. The number of para-hydroxylation sites is 2. The van der Waals surface area contributed by atoms with E-state index < -0.39 is 50.1 Å². The minimum absolute atomic E-state index is 0.00596. The van der Waals surface area contributed by atoms with Crippen LogP contribution < -0.4 is 15.5 Å². The quantitative estimate of drug-likeness (QED) is 0.0549. The van der Waals surface area contributed by atoms with E-state index >= 15 is 0 Å². The molecule has 1 heterocycles. The molecular weight excluding hydrogens is 757 g/mol. The van der Waals surface area contributed by atoms with Crippen LogP contribution in [-0.4, -0.2) is 144 Å². The number of carbonyl (C=O) groups is 5. The number of benzene rings is 2. The highest BCUT2D eigenvalue weighted by atomic mass is 16.4. The lowest BCUT2D eigenvalue weighted by molar-refractivity contribution is -0.143. The number of carboxylic acid groups (broad SMARTS) is 4. The summed E-state index contributed by atoms with van der Waals surface area (Å²) in [5, 5.41) is 43.2. The number of nitrogens with zero attached hydrogens (tertiary/aromatic N) is 4. The first-order valence-electron chi connectivity index (χ1n) is 19.9. The molecule has 322 valence electrons. The Morgan fingerprint density at radius 3 is 1.80 bits per heavy atom. The van der Waals surface area contributed by atoms with Crippen LogP contribution in [0.1, 0.15) is 58.1 Å². The van der Waals surface area contributed by atoms with Gasteiger partial charge in [0.25, 0.3) is 0 Å². The zero-order valence-electron chi connectivity index (χ0n) is 35.0. The van der Waals surface area contributed by atoms with Gasteiger partial charge in [-0.3, -0.25) is 38.7 Å². The smallest absolute Gasteiger partial charge is 0.317 e. The predicted molar refractivity (Wildman–Crippen MR) is 229 cm³/mol. The van der Waals surface area contributed by atoms with Crippen LogP contribution in [0.3, 0.4) is 0 Å². The topological polar surface area (TPSA) is 203 Å². The van der Waals surface area contributed by atoms with Crippen LogP contribution in [0.5, 0.6) is 0 Å². The molecule has 0 atom stereocenters. The number of carboxylic acids is 4. The van der Waals surface area contributed by atoms with Crippen LogP contribution in [-0.2, 0) is 34.8 Å². The zero-order valence-corrected chi connectivity index (χ0v) is 35.0. The molecule has 15 heteroatoms. The summed E-state index contributed by atoms with van der Waals surface area (Å²) in [6.07, 6.45) is 12.9. The van der Waals surface area contributed by atoms with Gasteiger partial charge in [0.1, 0.15) is 0 Å². The fraction of sp³-hybridized carbons (Fsp3) is 0.477. The standard InChI is InChI=1S/C44H62N6O9/c1-43(2,21-13-7-6-8-20-37-44(3,4)34-17-10-12-19-36(34)47(37)5)33-16-9-11-18-35(33)45-22-14-15-23-46-38(51)28-48(24-26-49(29-39(52)53)30-40(54)55)25-27-50(31-41(56)57)32-42(58)59/h6-13,16-20,45H,14-15,21-32H2,1-5H3,(H,46,51)(H,52,53)(H,54,55)(H,56,57)(H,58,59)/b8-6+,13-7+,37-20+. The third-order valence-corrected chi connectivity index (χ3v) is 10.3. The number of unbranched alkanes of at least 4 members (excludes halogenated alkanes) is 1. The maximum absolute atomic E-state index is 13.0. The number of likely N-dealkylation sites (N-methyl/N-ethyl adjacent to an activating group) is 1. The van der Waals surface area contributed by atoms with Crippen molar-refractivity contribution in [3.8, 4) is 0 Å². The number of allylic oxidation sites excluding steroid dienone is 6. The summed E-state index contributed by atoms with van der Waals surface area (Å²) in [6.45, 7) is 8.03. The normalized spacial score (nSPS) is 14.5. The third-order valence-electron chi connectivity index (χ3n) is 10.3. The highest BCUT2D eigenvalue weighted by Crippen LogP contribution is 2.46. The van der Waals surface area contributed by atoms with E-state index in [4.69, 9.17) is 0 Å². The van der Waals surface area contributed by atoms with Crippen molar-refractivity contribution in [1.82, 2.24) is 20.0 Å². The molecule has 0 aliphatic carbocycles. The van der Waals surface area contributed by atoms with E-state index in [1.807, 2.05) is 12.1 Å². The molecule has 1 aliphatic rings. The van der Waals surface area contributed by atoms with Crippen molar-refractivity contribution >= 4 is 41.2 Å². The fourth-order valence-corrected chi connectivity index (χ4v) is 7.28. The number of hydrogen-bond donors (Lipinski definition) is 6. The number of rotatable bonds is 27. The first-order chi connectivity index (χ1) is 27.9. The molecule has 0 spiro atoms. The predicted octanol–water partition coefficient (Wildman–Crippen LogP) is 4.33. The number of fused-ring (bicyclic) bond motifs is 1. The second-order valence-corrected chi connectivity index (χ2v) is 16.0. The molecule has 1 amide bonds. The maximum Gasteiger partial charge on any atom is 0.317 e. The Balaban J connectivity index is 1.50. The molecule has 6 N–H and O–H groups in total. The Labute approximate surface area is 347 Å². The molecular formula is C44H62N6O9. The first kappa shape index (κ1) is 47.9. The molecule has 0 bridgehead atoms. The zero-order chi connectivity index (χ0) is 43.6. The lowest BCUT2D eigenvalue weighted by atomic mass is 9.80. The summed E-state index contributed by atoms with van der Waals surface area (Å²) in [7, 11) is 2.11. The molecule has 15 nitrogen and oxygen atoms in total. The highest BCUT2D eigenvalue weighted by Gasteiger charge is 2.37. The van der Waals surface area contributed by atoms with Crippen LogP contribution in [0.15, 0.2) is 84.6 Å². The third kappa shape index (κ3) is 16.0. The van der Waals surface area contributed by atoms with Crippen LogP contribution >= 0.6 is 0 Å². The molecule has 2 aromatic rings. The average Bonchev–Trinajstić information content (AvgIpc) is 3.34. The largest absolute Gasteiger partial charge is 0.480 e. The second kappa shape index (κ2) is 23.2. The average molecular weight is 819 g/mol. The van der Waals surface area contributed by atoms with E-state index in [1.54, 1.807) is 4.90 Å².